The Morgan fingerprint density at radius 1 is 1.35 bits per heavy atom. The highest BCUT2D eigenvalue weighted by Gasteiger charge is 2.15. The number of carbonyl (C=O) groups excluding carboxylic acids is 1. The van der Waals surface area contributed by atoms with Gasteiger partial charge in [-0.25, -0.2) is 4.98 Å². The number of carbonyl (C=O) groups is 2. The summed E-state index contributed by atoms with van der Waals surface area (Å²) in [5.41, 5.74) is 6.35. The zero-order valence-electron chi connectivity index (χ0n) is 11.0. The second-order valence-corrected chi connectivity index (χ2v) is 4.32. The van der Waals surface area contributed by atoms with Crippen molar-refractivity contribution < 1.29 is 14.7 Å². The van der Waals surface area contributed by atoms with Crippen LogP contribution in [0.1, 0.15) is 17.3 Å². The van der Waals surface area contributed by atoms with Gasteiger partial charge in [0.15, 0.2) is 0 Å². The van der Waals surface area contributed by atoms with Gasteiger partial charge in [-0.3, -0.25) is 9.59 Å². The van der Waals surface area contributed by atoms with Gasteiger partial charge in [0.1, 0.15) is 12.4 Å². The molecule has 6 heteroatoms. The quantitative estimate of drug-likeness (QED) is 0.854. The molecule has 3 N–H and O–H groups in total. The number of carboxylic acids is 1. The molecule has 0 spiro atoms. The van der Waals surface area contributed by atoms with Gasteiger partial charge in [-0.05, 0) is 19.1 Å². The van der Waals surface area contributed by atoms with Crippen LogP contribution in [-0.4, -0.2) is 35.1 Å². The van der Waals surface area contributed by atoms with Crippen LogP contribution in [0, 0.1) is 0 Å². The fourth-order valence-corrected chi connectivity index (χ4v) is 2.05. The molecule has 1 aromatic carbocycles. The number of aliphatic carboxylic acids is 1. The van der Waals surface area contributed by atoms with Crippen molar-refractivity contribution in [1.29, 1.82) is 0 Å². The Labute approximate surface area is 115 Å². The summed E-state index contributed by atoms with van der Waals surface area (Å²) in [7, 11) is 0. The highest BCUT2D eigenvalue weighted by atomic mass is 16.4. The first-order valence-electron chi connectivity index (χ1n) is 6.19. The third-order valence-corrected chi connectivity index (χ3v) is 3.00. The molecule has 0 saturated carbocycles. The van der Waals surface area contributed by atoms with Gasteiger partial charge in [0.25, 0.3) is 0 Å². The van der Waals surface area contributed by atoms with Gasteiger partial charge in [0.05, 0.1) is 11.1 Å². The summed E-state index contributed by atoms with van der Waals surface area (Å²) in [6.07, 6.45) is 0. The molecule has 0 aliphatic carbocycles. The largest absolute Gasteiger partial charge is 0.480 e. The van der Waals surface area contributed by atoms with Crippen molar-refractivity contribution in [3.63, 3.8) is 0 Å². The zero-order valence-corrected chi connectivity index (χ0v) is 11.0. The van der Waals surface area contributed by atoms with E-state index in [1.807, 2.05) is 6.92 Å². The fraction of sp³-hybridized carbons (Fsp3) is 0.214. The summed E-state index contributed by atoms with van der Waals surface area (Å²) in [6.45, 7) is 2.11. The number of carboxylic acid groups (broad SMARTS) is 1. The molecule has 0 fully saturated rings. The number of benzene rings is 1. The predicted octanol–water partition coefficient (Wildman–Crippen LogP) is 1.24. The highest BCUT2D eigenvalue weighted by molar-refractivity contribution is 6.06. The molecule has 0 bridgehead atoms. The van der Waals surface area contributed by atoms with E-state index in [1.54, 1.807) is 29.2 Å². The Bertz CT molecular complexity index is 670. The summed E-state index contributed by atoms with van der Waals surface area (Å²) >= 11 is 0. The van der Waals surface area contributed by atoms with Crippen LogP contribution in [0.3, 0.4) is 0 Å². The first kappa shape index (κ1) is 13.8. The molecule has 0 saturated heterocycles. The van der Waals surface area contributed by atoms with Crippen molar-refractivity contribution in [3.05, 3.63) is 35.9 Å². The molecule has 104 valence electrons. The molecule has 6 nitrogen and oxygen atoms in total. The number of rotatable bonds is 5. The minimum Gasteiger partial charge on any atom is -0.480 e. The lowest BCUT2D eigenvalue weighted by molar-refractivity contribution is -0.135. The molecule has 1 heterocycles. The van der Waals surface area contributed by atoms with Crippen LogP contribution in [0.5, 0.6) is 0 Å². The average Bonchev–Trinajstić information content (AvgIpc) is 2.43. The highest BCUT2D eigenvalue weighted by Crippen LogP contribution is 2.22. The zero-order chi connectivity index (χ0) is 14.7. The number of amides is 1. The number of anilines is 1. The van der Waals surface area contributed by atoms with E-state index in [9.17, 15) is 9.59 Å². The molecule has 0 atom stereocenters. The van der Waals surface area contributed by atoms with E-state index in [0.717, 1.165) is 0 Å². The van der Waals surface area contributed by atoms with Gasteiger partial charge in [0.2, 0.25) is 5.91 Å². The lowest BCUT2D eigenvalue weighted by Crippen LogP contribution is -2.30. The molecule has 0 radical (unpaired) electrons. The SMILES string of the molecule is CCN(CC(=O)O)c1cc(C(N)=O)c2ccccc2n1. The Hall–Kier alpha value is -2.63. The molecule has 1 aromatic heterocycles. The number of pyridine rings is 1. The topological polar surface area (TPSA) is 96.5 Å². The molecule has 20 heavy (non-hydrogen) atoms. The first-order chi connectivity index (χ1) is 9.52. The molecule has 2 aromatic rings. The molecular weight excluding hydrogens is 258 g/mol. The summed E-state index contributed by atoms with van der Waals surface area (Å²) in [4.78, 5) is 28.4. The van der Waals surface area contributed by atoms with Crippen molar-refractivity contribution in [2.75, 3.05) is 18.0 Å². The van der Waals surface area contributed by atoms with E-state index in [4.69, 9.17) is 10.8 Å². The van der Waals surface area contributed by atoms with Crippen molar-refractivity contribution >= 4 is 28.6 Å². The summed E-state index contributed by atoms with van der Waals surface area (Å²) < 4.78 is 0. The predicted molar refractivity (Wildman–Crippen MR) is 75.8 cm³/mol. The van der Waals surface area contributed by atoms with Crippen molar-refractivity contribution in [2.45, 2.75) is 6.92 Å². The Morgan fingerprint density at radius 2 is 2.05 bits per heavy atom. The number of primary amides is 1. The van der Waals surface area contributed by atoms with E-state index in [-0.39, 0.29) is 6.54 Å². The van der Waals surface area contributed by atoms with E-state index in [0.29, 0.717) is 28.8 Å². The number of fused-ring (bicyclic) bond motifs is 1. The number of likely N-dealkylation sites (N-methyl/N-ethyl adjacent to an activating group) is 1. The van der Waals surface area contributed by atoms with Gasteiger partial charge in [-0.1, -0.05) is 18.2 Å². The maximum atomic E-state index is 11.6. The smallest absolute Gasteiger partial charge is 0.323 e. The summed E-state index contributed by atoms with van der Waals surface area (Å²) in [5.74, 6) is -1.08. The number of nitrogens with zero attached hydrogens (tertiary/aromatic N) is 2. The maximum Gasteiger partial charge on any atom is 0.323 e. The number of nitrogens with two attached hydrogens (primary N) is 1. The van der Waals surface area contributed by atoms with Crippen LogP contribution < -0.4 is 10.6 Å². The van der Waals surface area contributed by atoms with E-state index in [1.165, 1.54) is 6.07 Å². The fourth-order valence-electron chi connectivity index (χ4n) is 2.05. The van der Waals surface area contributed by atoms with E-state index < -0.39 is 11.9 Å². The van der Waals surface area contributed by atoms with Gasteiger partial charge in [-0.15, -0.1) is 0 Å². The average molecular weight is 273 g/mol. The second kappa shape index (κ2) is 5.56. The first-order valence-corrected chi connectivity index (χ1v) is 6.19. The van der Waals surface area contributed by atoms with Crippen molar-refractivity contribution in [3.8, 4) is 0 Å². The maximum absolute atomic E-state index is 11.6. The molecule has 1 amide bonds. The van der Waals surface area contributed by atoms with Crippen molar-refractivity contribution in [1.82, 2.24) is 4.98 Å². The molecular formula is C14H15N3O3. The normalized spacial score (nSPS) is 10.4. The minimum atomic E-state index is -0.956. The van der Waals surface area contributed by atoms with Gasteiger partial charge in [-0.2, -0.15) is 0 Å². The number of aromatic nitrogens is 1. The third kappa shape index (κ3) is 2.69. The lowest BCUT2D eigenvalue weighted by atomic mass is 10.1. The number of hydrogen-bond acceptors (Lipinski definition) is 4. The van der Waals surface area contributed by atoms with Gasteiger partial charge < -0.3 is 15.7 Å². The van der Waals surface area contributed by atoms with Gasteiger partial charge >= 0.3 is 5.97 Å². The molecule has 2 rings (SSSR count). The summed E-state index contributed by atoms with van der Waals surface area (Å²) in [6, 6.07) is 8.67. The van der Waals surface area contributed by atoms with Crippen LogP contribution >= 0.6 is 0 Å². The van der Waals surface area contributed by atoms with Crippen molar-refractivity contribution in [2.24, 2.45) is 5.73 Å². The molecule has 0 aliphatic heterocycles. The number of para-hydroxylation sites is 1. The van der Waals surface area contributed by atoms with Crippen LogP contribution in [-0.2, 0) is 4.79 Å². The Kier molecular flexibility index (Phi) is 3.84. The van der Waals surface area contributed by atoms with Crippen LogP contribution in [0.4, 0.5) is 5.82 Å². The van der Waals surface area contributed by atoms with E-state index >= 15 is 0 Å². The third-order valence-electron chi connectivity index (χ3n) is 3.00. The monoisotopic (exact) mass is 273 g/mol. The van der Waals surface area contributed by atoms with Crippen LogP contribution in [0.2, 0.25) is 0 Å². The van der Waals surface area contributed by atoms with Gasteiger partial charge in [0, 0.05) is 11.9 Å². The Balaban J connectivity index is 2.59. The Morgan fingerprint density at radius 3 is 2.65 bits per heavy atom. The minimum absolute atomic E-state index is 0.181. The van der Waals surface area contributed by atoms with Crippen LogP contribution in [0.25, 0.3) is 10.9 Å². The molecule has 0 unspecified atom stereocenters. The molecule has 0 aliphatic rings. The summed E-state index contributed by atoms with van der Waals surface area (Å²) in [5, 5.41) is 9.57. The number of hydrogen-bond donors (Lipinski definition) is 2. The van der Waals surface area contributed by atoms with Crippen LogP contribution in [0.15, 0.2) is 30.3 Å². The lowest BCUT2D eigenvalue weighted by Gasteiger charge is -2.20. The second-order valence-electron chi connectivity index (χ2n) is 4.32. The standard InChI is InChI=1S/C14H15N3O3/c1-2-17(8-13(18)19)12-7-10(14(15)20)9-5-3-4-6-11(9)16-12/h3-7H,2,8H2,1H3,(H2,15,20)(H,18,19). The van der Waals surface area contributed by atoms with E-state index in [2.05, 4.69) is 4.98 Å².